The summed E-state index contributed by atoms with van der Waals surface area (Å²) in [6, 6.07) is -0.363. The van der Waals surface area contributed by atoms with E-state index in [0.29, 0.717) is 4.77 Å². The summed E-state index contributed by atoms with van der Waals surface area (Å²) in [4.78, 5) is 14.9. The van der Waals surface area contributed by atoms with E-state index in [-0.39, 0.29) is 11.9 Å². The van der Waals surface area contributed by atoms with Crippen LogP contribution in [0.25, 0.3) is 11.2 Å². The average molecular weight is 267 g/mol. The Labute approximate surface area is 110 Å². The topological polar surface area (TPSA) is 67.6 Å². The van der Waals surface area contributed by atoms with Crippen LogP contribution in [0.1, 0.15) is 25.6 Å². The first-order valence-corrected chi connectivity index (χ1v) is 6.31. The van der Waals surface area contributed by atoms with Crippen molar-refractivity contribution in [3.05, 3.63) is 10.5 Å². The van der Waals surface area contributed by atoms with Crippen molar-refractivity contribution in [1.82, 2.24) is 24.6 Å². The van der Waals surface area contributed by atoms with Gasteiger partial charge in [-0.2, -0.15) is 5.10 Å². The summed E-state index contributed by atoms with van der Waals surface area (Å²) < 4.78 is 4.22. The van der Waals surface area contributed by atoms with Gasteiger partial charge in [-0.25, -0.2) is 4.68 Å². The molecule has 7 heteroatoms. The number of aromatic nitrogens is 4. The fourth-order valence-corrected chi connectivity index (χ4v) is 2.48. The zero-order chi connectivity index (χ0) is 13.4. The van der Waals surface area contributed by atoms with E-state index in [1.54, 1.807) is 7.05 Å². The molecule has 0 saturated heterocycles. The molecule has 98 valence electrons. The van der Waals surface area contributed by atoms with E-state index < -0.39 is 0 Å². The molecule has 0 aromatic carbocycles. The van der Waals surface area contributed by atoms with Crippen molar-refractivity contribution >= 4 is 29.3 Å². The van der Waals surface area contributed by atoms with Gasteiger partial charge in [-0.15, -0.1) is 0 Å². The molecule has 6 nitrogen and oxygen atoms in total. The fourth-order valence-electron chi connectivity index (χ4n) is 2.13. The zero-order valence-electron chi connectivity index (χ0n) is 10.9. The average Bonchev–Trinajstić information content (AvgIpc) is 2.84. The molecule has 2 heterocycles. The number of fused-ring (bicyclic) bond motifs is 1. The largest absolute Gasteiger partial charge is 0.357 e. The van der Waals surface area contributed by atoms with E-state index in [1.807, 2.05) is 30.0 Å². The molecule has 0 bridgehead atoms. The van der Waals surface area contributed by atoms with Crippen molar-refractivity contribution in [2.75, 3.05) is 7.05 Å². The van der Waals surface area contributed by atoms with Crippen LogP contribution in [0.2, 0.25) is 0 Å². The lowest BCUT2D eigenvalue weighted by atomic mass is 10.3. The van der Waals surface area contributed by atoms with Crippen LogP contribution >= 0.6 is 12.2 Å². The number of carbonyl (C=O) groups excluding carboxylic acids is 1. The number of rotatable bonds is 3. The Bertz CT molecular complexity index is 650. The second-order valence-electron chi connectivity index (χ2n) is 4.19. The van der Waals surface area contributed by atoms with Crippen molar-refractivity contribution in [2.45, 2.75) is 33.4 Å². The Hall–Kier alpha value is -1.63. The third kappa shape index (κ3) is 1.74. The summed E-state index contributed by atoms with van der Waals surface area (Å²) in [5.41, 5.74) is 2.66. The maximum atomic E-state index is 11.8. The molecular formula is C11H17N5OS. The Morgan fingerprint density at radius 1 is 1.61 bits per heavy atom. The Kier molecular flexibility index (Phi) is 3.25. The van der Waals surface area contributed by atoms with Gasteiger partial charge < -0.3 is 10.3 Å². The molecule has 0 saturated carbocycles. The van der Waals surface area contributed by atoms with Crippen molar-refractivity contribution in [2.24, 2.45) is 0 Å². The summed E-state index contributed by atoms with van der Waals surface area (Å²) >= 11 is 5.30. The van der Waals surface area contributed by atoms with Crippen LogP contribution in [0.5, 0.6) is 0 Å². The third-order valence-electron chi connectivity index (χ3n) is 3.09. The normalized spacial score (nSPS) is 12.9. The third-order valence-corrected chi connectivity index (χ3v) is 3.39. The number of imidazole rings is 1. The summed E-state index contributed by atoms with van der Waals surface area (Å²) in [6.45, 7) is 6.49. The molecular weight excluding hydrogens is 250 g/mol. The molecule has 2 aromatic rings. The lowest BCUT2D eigenvalue weighted by Crippen LogP contribution is -2.28. The van der Waals surface area contributed by atoms with Gasteiger partial charge in [0, 0.05) is 13.6 Å². The fraction of sp³-hybridized carbons (Fsp3) is 0.545. The second-order valence-corrected chi connectivity index (χ2v) is 4.58. The number of likely N-dealkylation sites (N-methyl/N-ethyl adjacent to an activating group) is 1. The van der Waals surface area contributed by atoms with Gasteiger partial charge in [-0.1, -0.05) is 0 Å². The number of hydrogen-bond donors (Lipinski definition) is 2. The Balaban J connectivity index is 2.73. The molecule has 1 amide bonds. The maximum Gasteiger partial charge on any atom is 0.242 e. The first kappa shape index (κ1) is 12.8. The van der Waals surface area contributed by atoms with Crippen molar-refractivity contribution in [3.63, 3.8) is 0 Å². The first-order valence-electron chi connectivity index (χ1n) is 5.90. The van der Waals surface area contributed by atoms with E-state index in [2.05, 4.69) is 15.4 Å². The highest BCUT2D eigenvalue weighted by Crippen LogP contribution is 2.21. The number of hydrogen-bond acceptors (Lipinski definition) is 3. The smallest absolute Gasteiger partial charge is 0.242 e. The quantitative estimate of drug-likeness (QED) is 0.829. The molecule has 0 spiro atoms. The minimum absolute atomic E-state index is 0.0755. The summed E-state index contributed by atoms with van der Waals surface area (Å²) in [7, 11) is 1.62. The Morgan fingerprint density at radius 2 is 2.28 bits per heavy atom. The molecule has 18 heavy (non-hydrogen) atoms. The SMILES string of the molecule is CCn1nc(C)c2[nH]c(=S)n(C(C)C(=O)NC)c21. The highest BCUT2D eigenvalue weighted by Gasteiger charge is 2.21. The van der Waals surface area contributed by atoms with E-state index in [9.17, 15) is 4.79 Å². The van der Waals surface area contributed by atoms with Crippen LogP contribution in [0.3, 0.4) is 0 Å². The number of H-pyrrole nitrogens is 1. The van der Waals surface area contributed by atoms with Crippen molar-refractivity contribution in [3.8, 4) is 0 Å². The standard InChI is InChI=1S/C11H17N5OS/c1-5-15-10-8(6(2)14-15)13-11(18)16(10)7(3)9(17)12-4/h7H,5H2,1-4H3,(H,12,17)(H,13,18). The number of nitrogens with one attached hydrogen (secondary N) is 2. The van der Waals surface area contributed by atoms with E-state index in [0.717, 1.165) is 23.4 Å². The lowest BCUT2D eigenvalue weighted by Gasteiger charge is -2.13. The molecule has 2 aromatic heterocycles. The number of aromatic amines is 1. The van der Waals surface area contributed by atoms with Gasteiger partial charge in [0.2, 0.25) is 5.91 Å². The first-order chi connectivity index (χ1) is 8.51. The van der Waals surface area contributed by atoms with Crippen molar-refractivity contribution < 1.29 is 4.79 Å². The van der Waals surface area contributed by atoms with Crippen LogP contribution in [0.4, 0.5) is 0 Å². The van der Waals surface area contributed by atoms with Gasteiger partial charge in [-0.05, 0) is 33.0 Å². The molecule has 2 N–H and O–H groups in total. The molecule has 1 unspecified atom stereocenters. The number of carbonyl (C=O) groups is 1. The van der Waals surface area contributed by atoms with Gasteiger partial charge in [0.1, 0.15) is 11.6 Å². The molecule has 0 fully saturated rings. The van der Waals surface area contributed by atoms with Crippen LogP contribution in [0.15, 0.2) is 0 Å². The van der Waals surface area contributed by atoms with E-state index >= 15 is 0 Å². The summed E-state index contributed by atoms with van der Waals surface area (Å²) in [5.74, 6) is -0.0755. The van der Waals surface area contributed by atoms with Crippen LogP contribution in [0, 0.1) is 11.7 Å². The second kappa shape index (κ2) is 4.56. The zero-order valence-corrected chi connectivity index (χ0v) is 11.8. The minimum atomic E-state index is -0.363. The summed E-state index contributed by atoms with van der Waals surface area (Å²) in [6.07, 6.45) is 0. The molecule has 0 aliphatic carbocycles. The predicted octanol–water partition coefficient (Wildman–Crippen LogP) is 1.53. The van der Waals surface area contributed by atoms with E-state index in [1.165, 1.54) is 0 Å². The minimum Gasteiger partial charge on any atom is -0.357 e. The number of nitrogens with zero attached hydrogens (tertiary/aromatic N) is 3. The molecule has 0 aliphatic heterocycles. The predicted molar refractivity (Wildman–Crippen MR) is 72.1 cm³/mol. The molecule has 0 aliphatic rings. The number of aryl methyl sites for hydroxylation is 2. The van der Waals surface area contributed by atoms with Gasteiger partial charge in [0.25, 0.3) is 0 Å². The number of amides is 1. The van der Waals surface area contributed by atoms with E-state index in [4.69, 9.17) is 12.2 Å². The highest BCUT2D eigenvalue weighted by molar-refractivity contribution is 7.71. The van der Waals surface area contributed by atoms with Crippen LogP contribution < -0.4 is 5.32 Å². The van der Waals surface area contributed by atoms with Crippen molar-refractivity contribution in [1.29, 1.82) is 0 Å². The monoisotopic (exact) mass is 267 g/mol. The van der Waals surface area contributed by atoms with Crippen LogP contribution in [-0.4, -0.2) is 32.3 Å². The lowest BCUT2D eigenvalue weighted by molar-refractivity contribution is -0.123. The maximum absolute atomic E-state index is 11.8. The highest BCUT2D eigenvalue weighted by atomic mass is 32.1. The van der Waals surface area contributed by atoms with Gasteiger partial charge >= 0.3 is 0 Å². The van der Waals surface area contributed by atoms with Gasteiger partial charge in [0.15, 0.2) is 10.4 Å². The molecule has 1 atom stereocenters. The van der Waals surface area contributed by atoms with Gasteiger partial charge in [-0.3, -0.25) is 9.36 Å². The van der Waals surface area contributed by atoms with Gasteiger partial charge in [0.05, 0.1) is 5.69 Å². The molecule has 2 rings (SSSR count). The van der Waals surface area contributed by atoms with Crippen LogP contribution in [-0.2, 0) is 11.3 Å². The molecule has 0 radical (unpaired) electrons. The Morgan fingerprint density at radius 3 is 2.83 bits per heavy atom. The summed E-state index contributed by atoms with van der Waals surface area (Å²) in [5, 5.41) is 7.06.